The molecule has 0 saturated heterocycles. The van der Waals surface area contributed by atoms with Crippen molar-refractivity contribution in [3.8, 4) is 0 Å². The predicted octanol–water partition coefficient (Wildman–Crippen LogP) is 3.07. The normalized spacial score (nSPS) is 20.2. The van der Waals surface area contributed by atoms with Gasteiger partial charge >= 0.3 is 0 Å². The molecule has 1 aliphatic carbocycles. The molecule has 1 rings (SSSR count). The highest BCUT2D eigenvalue weighted by atomic mass is 35.5. The second kappa shape index (κ2) is 7.86. The number of ketones is 1. The van der Waals surface area contributed by atoms with Gasteiger partial charge in [0, 0.05) is 13.0 Å². The Morgan fingerprint density at radius 2 is 2.06 bits per heavy atom. The minimum atomic E-state index is 0. The van der Waals surface area contributed by atoms with Crippen molar-refractivity contribution in [2.24, 2.45) is 5.92 Å². The number of allylic oxidation sites excluding steroid dienone is 2. The zero-order chi connectivity index (χ0) is 11.3. The first-order valence-corrected chi connectivity index (χ1v) is 5.96. The number of hydrogen-bond acceptors (Lipinski definition) is 2. The van der Waals surface area contributed by atoms with E-state index in [0.29, 0.717) is 11.7 Å². The third-order valence-electron chi connectivity index (χ3n) is 2.94. The third-order valence-corrected chi connectivity index (χ3v) is 2.94. The fourth-order valence-corrected chi connectivity index (χ4v) is 2.21. The molecule has 16 heavy (non-hydrogen) atoms. The lowest BCUT2D eigenvalue weighted by atomic mass is 10.0. The van der Waals surface area contributed by atoms with Crippen LogP contribution in [-0.2, 0) is 4.79 Å². The molecule has 0 aromatic heterocycles. The Balaban J connectivity index is 0.00000225. The van der Waals surface area contributed by atoms with Crippen molar-refractivity contribution in [2.75, 3.05) is 20.6 Å². The number of Topliss-reactive ketones (excluding diaryl/α,β-unsaturated/α-hetero) is 1. The topological polar surface area (TPSA) is 20.3 Å². The van der Waals surface area contributed by atoms with Crippen LogP contribution in [0.15, 0.2) is 11.6 Å². The Kier molecular flexibility index (Phi) is 7.69. The zero-order valence-electron chi connectivity index (χ0n) is 10.7. The largest absolute Gasteiger partial charge is 0.309 e. The molecule has 2 nitrogen and oxygen atoms in total. The summed E-state index contributed by atoms with van der Waals surface area (Å²) in [6.07, 6.45) is 7.28. The maximum absolute atomic E-state index is 11.4. The van der Waals surface area contributed by atoms with E-state index < -0.39 is 0 Å². The molecule has 0 amide bonds. The number of rotatable bonds is 5. The minimum Gasteiger partial charge on any atom is -0.309 e. The van der Waals surface area contributed by atoms with E-state index in [4.69, 9.17) is 0 Å². The van der Waals surface area contributed by atoms with Crippen LogP contribution in [0.1, 0.15) is 39.0 Å². The van der Waals surface area contributed by atoms with Crippen LogP contribution in [0.4, 0.5) is 0 Å². The van der Waals surface area contributed by atoms with Gasteiger partial charge in [-0.2, -0.15) is 0 Å². The molecule has 0 spiro atoms. The van der Waals surface area contributed by atoms with E-state index in [9.17, 15) is 4.79 Å². The highest BCUT2D eigenvalue weighted by molar-refractivity contribution is 5.97. The summed E-state index contributed by atoms with van der Waals surface area (Å²) in [6.45, 7) is 3.41. The van der Waals surface area contributed by atoms with Crippen molar-refractivity contribution >= 4 is 18.2 Å². The quantitative estimate of drug-likeness (QED) is 0.694. The second-order valence-corrected chi connectivity index (χ2v) is 4.95. The average molecular weight is 246 g/mol. The summed E-state index contributed by atoms with van der Waals surface area (Å²) in [7, 11) is 4.21. The molecule has 0 heterocycles. The van der Waals surface area contributed by atoms with Crippen LogP contribution in [0.5, 0.6) is 0 Å². The maximum Gasteiger partial charge on any atom is 0.158 e. The number of halogens is 1. The van der Waals surface area contributed by atoms with Crippen LogP contribution >= 0.6 is 12.4 Å². The van der Waals surface area contributed by atoms with E-state index in [1.165, 1.54) is 6.42 Å². The van der Waals surface area contributed by atoms with Crippen LogP contribution in [-0.4, -0.2) is 31.3 Å². The molecule has 1 aliphatic rings. The van der Waals surface area contributed by atoms with Gasteiger partial charge in [0.25, 0.3) is 0 Å². The average Bonchev–Trinajstić information content (AvgIpc) is 2.50. The van der Waals surface area contributed by atoms with Gasteiger partial charge in [-0.1, -0.05) is 13.0 Å². The van der Waals surface area contributed by atoms with E-state index in [2.05, 4.69) is 32.0 Å². The molecule has 0 aromatic rings. The van der Waals surface area contributed by atoms with Gasteiger partial charge in [0.2, 0.25) is 0 Å². The molecule has 1 atom stereocenters. The molecule has 1 unspecified atom stereocenters. The number of hydrogen-bond donors (Lipinski definition) is 0. The summed E-state index contributed by atoms with van der Waals surface area (Å²) in [4.78, 5) is 13.6. The van der Waals surface area contributed by atoms with E-state index in [0.717, 1.165) is 37.8 Å². The van der Waals surface area contributed by atoms with Crippen molar-refractivity contribution in [3.05, 3.63) is 11.6 Å². The van der Waals surface area contributed by atoms with Crippen LogP contribution in [0.2, 0.25) is 0 Å². The van der Waals surface area contributed by atoms with E-state index in [1.807, 2.05) is 0 Å². The van der Waals surface area contributed by atoms with Crippen molar-refractivity contribution in [1.29, 1.82) is 0 Å². The lowest BCUT2D eigenvalue weighted by molar-refractivity contribution is -0.114. The van der Waals surface area contributed by atoms with Gasteiger partial charge in [-0.3, -0.25) is 4.79 Å². The van der Waals surface area contributed by atoms with Gasteiger partial charge in [0.1, 0.15) is 0 Å². The standard InChI is InChI=1S/C13H23NO.ClH/c1-11(10-14(2)3)6-4-7-12-8-5-9-13(12)15;/h7,11H,4-6,8-10H2,1-3H3;1H/b12-7+;. The summed E-state index contributed by atoms with van der Waals surface area (Å²) in [5, 5.41) is 0. The maximum atomic E-state index is 11.4. The summed E-state index contributed by atoms with van der Waals surface area (Å²) in [5.41, 5.74) is 1.09. The highest BCUT2D eigenvalue weighted by Gasteiger charge is 2.15. The Hall–Kier alpha value is -0.340. The van der Waals surface area contributed by atoms with Gasteiger partial charge in [-0.15, -0.1) is 12.4 Å². The predicted molar refractivity (Wildman–Crippen MR) is 71.1 cm³/mol. The van der Waals surface area contributed by atoms with Crippen LogP contribution in [0, 0.1) is 5.92 Å². The van der Waals surface area contributed by atoms with Crippen molar-refractivity contribution in [1.82, 2.24) is 4.90 Å². The zero-order valence-corrected chi connectivity index (χ0v) is 11.5. The molecule has 0 radical (unpaired) electrons. The van der Waals surface area contributed by atoms with Gasteiger partial charge in [0.05, 0.1) is 0 Å². The van der Waals surface area contributed by atoms with Gasteiger partial charge < -0.3 is 4.90 Å². The molecule has 0 aromatic carbocycles. The summed E-state index contributed by atoms with van der Waals surface area (Å²) in [6, 6.07) is 0. The van der Waals surface area contributed by atoms with Crippen LogP contribution in [0.3, 0.4) is 0 Å². The molecular formula is C13H24ClNO. The van der Waals surface area contributed by atoms with Gasteiger partial charge in [-0.25, -0.2) is 0 Å². The summed E-state index contributed by atoms with van der Waals surface area (Å²) in [5.74, 6) is 1.10. The van der Waals surface area contributed by atoms with Crippen LogP contribution < -0.4 is 0 Å². The van der Waals surface area contributed by atoms with Crippen LogP contribution in [0.25, 0.3) is 0 Å². The third kappa shape index (κ3) is 5.66. The molecule has 0 N–H and O–H groups in total. The number of carbonyl (C=O) groups is 1. The Morgan fingerprint density at radius 3 is 2.56 bits per heavy atom. The first-order chi connectivity index (χ1) is 7.09. The molecule has 0 aliphatic heterocycles. The van der Waals surface area contributed by atoms with Gasteiger partial charge in [-0.05, 0) is 51.3 Å². The van der Waals surface area contributed by atoms with Gasteiger partial charge in [0.15, 0.2) is 5.78 Å². The summed E-state index contributed by atoms with van der Waals surface area (Å²) < 4.78 is 0. The minimum absolute atomic E-state index is 0. The lowest BCUT2D eigenvalue weighted by Gasteiger charge is -2.15. The molecule has 3 heteroatoms. The molecule has 94 valence electrons. The highest BCUT2D eigenvalue weighted by Crippen LogP contribution is 2.21. The van der Waals surface area contributed by atoms with E-state index in [-0.39, 0.29) is 12.4 Å². The van der Waals surface area contributed by atoms with Crippen molar-refractivity contribution in [3.63, 3.8) is 0 Å². The van der Waals surface area contributed by atoms with E-state index >= 15 is 0 Å². The Bertz CT molecular complexity index is 248. The Morgan fingerprint density at radius 1 is 1.38 bits per heavy atom. The summed E-state index contributed by atoms with van der Waals surface area (Å²) >= 11 is 0. The van der Waals surface area contributed by atoms with E-state index in [1.54, 1.807) is 0 Å². The monoisotopic (exact) mass is 245 g/mol. The Labute approximate surface area is 105 Å². The molecule has 1 saturated carbocycles. The fraction of sp³-hybridized carbons (Fsp3) is 0.769. The number of carbonyl (C=O) groups excluding carboxylic acids is 1. The van der Waals surface area contributed by atoms with Crippen molar-refractivity contribution < 1.29 is 4.79 Å². The first-order valence-electron chi connectivity index (χ1n) is 5.96. The molecule has 1 fully saturated rings. The smallest absolute Gasteiger partial charge is 0.158 e. The lowest BCUT2D eigenvalue weighted by Crippen LogP contribution is -2.19. The van der Waals surface area contributed by atoms with Crippen molar-refractivity contribution in [2.45, 2.75) is 39.0 Å². The molecular weight excluding hydrogens is 222 g/mol. The molecule has 0 bridgehead atoms. The number of nitrogens with zero attached hydrogens (tertiary/aromatic N) is 1. The second-order valence-electron chi connectivity index (χ2n) is 4.95. The first kappa shape index (κ1) is 15.7. The fourth-order valence-electron chi connectivity index (χ4n) is 2.21. The SMILES string of the molecule is CC(CC/C=C1\CCCC1=O)CN(C)C.Cl.